The molecule has 0 aliphatic heterocycles. The summed E-state index contributed by atoms with van der Waals surface area (Å²) in [4.78, 5) is 0. The van der Waals surface area contributed by atoms with Crippen LogP contribution in [0.3, 0.4) is 0 Å². The van der Waals surface area contributed by atoms with Crippen LogP contribution < -0.4 is 0 Å². The van der Waals surface area contributed by atoms with Crippen LogP contribution in [0, 0.1) is 0 Å². The van der Waals surface area contributed by atoms with Gasteiger partial charge in [0.2, 0.25) is 0 Å². The van der Waals surface area contributed by atoms with E-state index in [1.165, 1.54) is 6.07 Å². The van der Waals surface area contributed by atoms with Crippen LogP contribution in [-0.4, -0.2) is 10.2 Å². The molecule has 0 unspecified atom stereocenters. The Bertz CT molecular complexity index is 803. The predicted octanol–water partition coefficient (Wildman–Crippen LogP) is 4.66. The SMILES string of the molecule is Oc1ccccc1N=Nc1ccc2ccccc2c1O.[Y]. The Morgan fingerprint density at radius 2 is 1.33 bits per heavy atom. The van der Waals surface area contributed by atoms with Gasteiger partial charge in [-0.1, -0.05) is 42.5 Å². The topological polar surface area (TPSA) is 65.2 Å². The summed E-state index contributed by atoms with van der Waals surface area (Å²) in [5, 5.41) is 29.4. The Morgan fingerprint density at radius 1 is 0.667 bits per heavy atom. The molecule has 3 aromatic rings. The third kappa shape index (κ3) is 3.28. The van der Waals surface area contributed by atoms with Gasteiger partial charge in [0, 0.05) is 38.1 Å². The summed E-state index contributed by atoms with van der Waals surface area (Å²) in [7, 11) is 0. The van der Waals surface area contributed by atoms with E-state index >= 15 is 0 Å². The molecule has 0 atom stereocenters. The number of azo groups is 1. The molecule has 21 heavy (non-hydrogen) atoms. The van der Waals surface area contributed by atoms with Gasteiger partial charge in [-0.25, -0.2) is 0 Å². The smallest absolute Gasteiger partial charge is 0.150 e. The van der Waals surface area contributed by atoms with Crippen molar-refractivity contribution in [3.63, 3.8) is 0 Å². The number of hydrogen-bond donors (Lipinski definition) is 2. The molecule has 4 nitrogen and oxygen atoms in total. The number of rotatable bonds is 2. The van der Waals surface area contributed by atoms with Crippen molar-refractivity contribution in [1.29, 1.82) is 0 Å². The van der Waals surface area contributed by atoms with Crippen LogP contribution in [0.15, 0.2) is 70.9 Å². The molecule has 3 rings (SSSR count). The van der Waals surface area contributed by atoms with Gasteiger partial charge in [-0.05, 0) is 23.6 Å². The Hall–Kier alpha value is -1.78. The van der Waals surface area contributed by atoms with Gasteiger partial charge in [0.05, 0.1) is 0 Å². The molecule has 0 spiro atoms. The second kappa shape index (κ2) is 6.79. The molecule has 0 amide bonds. The zero-order valence-electron chi connectivity index (χ0n) is 11.1. The number of phenols is 2. The van der Waals surface area contributed by atoms with Crippen molar-refractivity contribution in [2.45, 2.75) is 0 Å². The quantitative estimate of drug-likeness (QED) is 0.658. The normalized spacial score (nSPS) is 10.7. The average molecular weight is 353 g/mol. The molecule has 0 aromatic heterocycles. The van der Waals surface area contributed by atoms with Crippen molar-refractivity contribution in [2.75, 3.05) is 0 Å². The van der Waals surface area contributed by atoms with Gasteiger partial charge >= 0.3 is 0 Å². The van der Waals surface area contributed by atoms with E-state index < -0.39 is 0 Å². The van der Waals surface area contributed by atoms with Gasteiger partial charge in [-0.3, -0.25) is 0 Å². The third-order valence-corrected chi connectivity index (χ3v) is 3.03. The van der Waals surface area contributed by atoms with Crippen LogP contribution in [0.25, 0.3) is 10.8 Å². The molecular formula is C16H12N2O2Y. The number of nitrogens with zero attached hydrogens (tertiary/aromatic N) is 2. The van der Waals surface area contributed by atoms with Gasteiger partial charge < -0.3 is 10.2 Å². The molecule has 101 valence electrons. The second-order valence-corrected chi connectivity index (χ2v) is 4.34. The zero-order valence-corrected chi connectivity index (χ0v) is 14.0. The maximum absolute atomic E-state index is 10.2. The molecule has 0 saturated carbocycles. The molecule has 0 saturated heterocycles. The van der Waals surface area contributed by atoms with E-state index in [0.717, 1.165) is 10.8 Å². The van der Waals surface area contributed by atoms with Crippen molar-refractivity contribution >= 4 is 22.1 Å². The van der Waals surface area contributed by atoms with E-state index in [1.807, 2.05) is 30.3 Å². The molecule has 0 fully saturated rings. The van der Waals surface area contributed by atoms with E-state index in [-0.39, 0.29) is 44.2 Å². The van der Waals surface area contributed by atoms with Crippen LogP contribution in [0.4, 0.5) is 11.4 Å². The summed E-state index contributed by atoms with van der Waals surface area (Å²) in [6.07, 6.45) is 0. The van der Waals surface area contributed by atoms with Crippen LogP contribution in [0.1, 0.15) is 0 Å². The monoisotopic (exact) mass is 353 g/mol. The van der Waals surface area contributed by atoms with Gasteiger partial charge in [-0.15, -0.1) is 10.2 Å². The molecule has 5 heteroatoms. The Kier molecular flexibility index (Phi) is 5.04. The van der Waals surface area contributed by atoms with Gasteiger partial charge in [0.1, 0.15) is 17.1 Å². The van der Waals surface area contributed by atoms with E-state index in [1.54, 1.807) is 24.3 Å². The number of fused-ring (bicyclic) bond motifs is 1. The zero-order chi connectivity index (χ0) is 13.9. The predicted molar refractivity (Wildman–Crippen MR) is 77.9 cm³/mol. The Balaban J connectivity index is 0.00000161. The first-order valence-electron chi connectivity index (χ1n) is 6.16. The molecule has 0 heterocycles. The van der Waals surface area contributed by atoms with Gasteiger partial charge in [-0.2, -0.15) is 0 Å². The summed E-state index contributed by atoms with van der Waals surface area (Å²) < 4.78 is 0. The third-order valence-electron chi connectivity index (χ3n) is 3.03. The van der Waals surface area contributed by atoms with E-state index in [4.69, 9.17) is 0 Å². The molecule has 0 aliphatic carbocycles. The molecule has 0 aliphatic rings. The van der Waals surface area contributed by atoms with Crippen molar-refractivity contribution in [3.8, 4) is 11.5 Å². The van der Waals surface area contributed by atoms with Crippen LogP contribution in [0.5, 0.6) is 11.5 Å². The fraction of sp³-hybridized carbons (Fsp3) is 0. The van der Waals surface area contributed by atoms with E-state index in [0.29, 0.717) is 11.4 Å². The molecule has 3 aromatic carbocycles. The molecule has 2 N–H and O–H groups in total. The molecular weight excluding hydrogens is 341 g/mol. The molecule has 1 radical (unpaired) electrons. The summed E-state index contributed by atoms with van der Waals surface area (Å²) in [5.41, 5.74) is 0.729. The first-order valence-corrected chi connectivity index (χ1v) is 6.16. The Labute approximate surface area is 147 Å². The number of hydrogen-bond acceptors (Lipinski definition) is 4. The van der Waals surface area contributed by atoms with Gasteiger partial charge in [0.15, 0.2) is 5.75 Å². The minimum absolute atomic E-state index is 0. The largest absolute Gasteiger partial charge is 0.506 e. The number of para-hydroxylation sites is 1. The first kappa shape index (κ1) is 15.6. The number of aromatic hydroxyl groups is 2. The van der Waals surface area contributed by atoms with Crippen molar-refractivity contribution in [1.82, 2.24) is 0 Å². The minimum atomic E-state index is 0. The van der Waals surface area contributed by atoms with Crippen molar-refractivity contribution in [3.05, 3.63) is 60.7 Å². The number of benzene rings is 3. The van der Waals surface area contributed by atoms with Crippen LogP contribution in [0.2, 0.25) is 0 Å². The first-order chi connectivity index (χ1) is 9.75. The van der Waals surface area contributed by atoms with E-state index in [9.17, 15) is 10.2 Å². The van der Waals surface area contributed by atoms with Gasteiger partial charge in [0.25, 0.3) is 0 Å². The summed E-state index contributed by atoms with van der Waals surface area (Å²) in [6.45, 7) is 0. The summed E-state index contributed by atoms with van der Waals surface area (Å²) in [5.74, 6) is 0.138. The standard InChI is InChI=1S/C16H12N2O2.Y/c19-15-8-4-3-7-13(15)17-18-14-10-9-11-5-1-2-6-12(11)16(14)20;/h1-10,19-20H;. The van der Waals surface area contributed by atoms with Crippen molar-refractivity contribution in [2.24, 2.45) is 10.2 Å². The minimum Gasteiger partial charge on any atom is -0.506 e. The maximum atomic E-state index is 10.2. The number of phenolic OH excluding ortho intramolecular Hbond substituents is 2. The van der Waals surface area contributed by atoms with Crippen LogP contribution in [-0.2, 0) is 32.7 Å². The average Bonchev–Trinajstić information content (AvgIpc) is 2.48. The fourth-order valence-electron chi connectivity index (χ4n) is 1.98. The maximum Gasteiger partial charge on any atom is 0.150 e. The second-order valence-electron chi connectivity index (χ2n) is 4.34. The van der Waals surface area contributed by atoms with Crippen LogP contribution >= 0.6 is 0 Å². The summed E-state index contributed by atoms with van der Waals surface area (Å²) >= 11 is 0. The molecule has 0 bridgehead atoms. The fourth-order valence-corrected chi connectivity index (χ4v) is 1.98. The van der Waals surface area contributed by atoms with Crippen molar-refractivity contribution < 1.29 is 42.9 Å². The Morgan fingerprint density at radius 3 is 2.14 bits per heavy atom. The van der Waals surface area contributed by atoms with E-state index in [2.05, 4.69) is 10.2 Å². The summed E-state index contributed by atoms with van der Waals surface area (Å²) in [6, 6.07) is 17.7.